The van der Waals surface area contributed by atoms with Crippen LogP contribution in [0.15, 0.2) is 6.20 Å². The van der Waals surface area contributed by atoms with Crippen LogP contribution in [0.2, 0.25) is 0 Å². The van der Waals surface area contributed by atoms with Crippen LogP contribution in [0.25, 0.3) is 0 Å². The third-order valence-corrected chi connectivity index (χ3v) is 1.64. The number of hydrogen-bond acceptors (Lipinski definition) is 4. The van der Waals surface area contributed by atoms with Gasteiger partial charge in [-0.05, 0) is 0 Å². The predicted octanol–water partition coefficient (Wildman–Crippen LogP) is 0.378. The summed E-state index contributed by atoms with van der Waals surface area (Å²) in [6.07, 6.45) is 3.65. The molecule has 0 unspecified atom stereocenters. The number of nitrogens with two attached hydrogens (primary N) is 1. The van der Waals surface area contributed by atoms with Crippen molar-refractivity contribution in [2.75, 3.05) is 5.73 Å². The Labute approximate surface area is 56.5 Å². The maximum Gasteiger partial charge on any atom is 0.204 e. The van der Waals surface area contributed by atoms with Gasteiger partial charge in [-0.15, -0.1) is 11.3 Å². The second-order valence-electron chi connectivity index (χ2n) is 1.49. The zero-order valence-electron chi connectivity index (χ0n) is 4.63. The molecule has 0 saturated carbocycles. The molecule has 0 aliphatic carbocycles. The molecule has 47 valence electrons. The Morgan fingerprint density at radius 2 is 2.67 bits per heavy atom. The molecule has 0 aromatic carbocycles. The topological polar surface area (TPSA) is 56.0 Å². The van der Waals surface area contributed by atoms with E-state index in [0.29, 0.717) is 11.6 Å². The molecule has 0 amide bonds. The Hall–Kier alpha value is -0.900. The van der Waals surface area contributed by atoms with E-state index >= 15 is 0 Å². The summed E-state index contributed by atoms with van der Waals surface area (Å²) in [4.78, 5) is 14.4. The first-order valence-corrected chi connectivity index (χ1v) is 3.20. The van der Waals surface area contributed by atoms with Gasteiger partial charge in [0, 0.05) is 11.1 Å². The SMILES string of the molecule is Nc1ncc(C[C]=O)s1. The van der Waals surface area contributed by atoms with Crippen LogP contribution < -0.4 is 5.73 Å². The van der Waals surface area contributed by atoms with Crippen molar-refractivity contribution in [3.8, 4) is 0 Å². The lowest BCUT2D eigenvalue weighted by Crippen LogP contribution is -1.77. The van der Waals surface area contributed by atoms with Crippen LogP contribution in [0.1, 0.15) is 4.88 Å². The molecule has 0 bridgehead atoms. The summed E-state index contributed by atoms with van der Waals surface area (Å²) in [5.74, 6) is 0. The van der Waals surface area contributed by atoms with Crippen LogP contribution in [0.5, 0.6) is 0 Å². The summed E-state index contributed by atoms with van der Waals surface area (Å²) in [6.45, 7) is 0. The van der Waals surface area contributed by atoms with Crippen molar-refractivity contribution < 1.29 is 4.79 Å². The summed E-state index contributed by atoms with van der Waals surface area (Å²) < 4.78 is 0. The summed E-state index contributed by atoms with van der Waals surface area (Å²) in [5, 5.41) is 0.500. The van der Waals surface area contributed by atoms with E-state index < -0.39 is 0 Å². The predicted molar refractivity (Wildman–Crippen MR) is 35.9 cm³/mol. The first-order chi connectivity index (χ1) is 4.33. The lowest BCUT2D eigenvalue weighted by Gasteiger charge is -1.76. The molecule has 1 radical (unpaired) electrons. The van der Waals surface area contributed by atoms with E-state index in [2.05, 4.69) is 4.98 Å². The van der Waals surface area contributed by atoms with Gasteiger partial charge < -0.3 is 5.73 Å². The highest BCUT2D eigenvalue weighted by Gasteiger charge is 1.95. The van der Waals surface area contributed by atoms with Crippen LogP contribution in [0.4, 0.5) is 5.13 Å². The smallest absolute Gasteiger partial charge is 0.204 e. The van der Waals surface area contributed by atoms with E-state index in [1.165, 1.54) is 11.3 Å². The Kier molecular flexibility index (Phi) is 1.79. The summed E-state index contributed by atoms with van der Waals surface area (Å²) >= 11 is 1.32. The molecular formula is C5H5N2OS. The number of nitrogen functional groups attached to an aromatic ring is 1. The average molecular weight is 141 g/mol. The standard InChI is InChI=1S/C5H5N2OS/c6-5-7-3-4(9-5)1-2-8/h3H,1H2,(H2,6,7). The van der Waals surface area contributed by atoms with E-state index in [1.807, 2.05) is 0 Å². The molecule has 1 aromatic heterocycles. The van der Waals surface area contributed by atoms with Gasteiger partial charge in [0.1, 0.15) is 0 Å². The molecule has 3 nitrogen and oxygen atoms in total. The van der Waals surface area contributed by atoms with Crippen LogP contribution in [0.3, 0.4) is 0 Å². The molecule has 9 heavy (non-hydrogen) atoms. The summed E-state index contributed by atoms with van der Waals surface area (Å²) in [5.41, 5.74) is 5.29. The molecular weight excluding hydrogens is 136 g/mol. The van der Waals surface area contributed by atoms with E-state index in [0.717, 1.165) is 4.88 Å². The minimum absolute atomic E-state index is 0.300. The minimum Gasteiger partial charge on any atom is -0.375 e. The maximum absolute atomic E-state index is 9.80. The molecule has 0 atom stereocenters. The van der Waals surface area contributed by atoms with Crippen molar-refractivity contribution >= 4 is 22.8 Å². The van der Waals surface area contributed by atoms with Gasteiger partial charge in [0.15, 0.2) is 5.13 Å². The fraction of sp³-hybridized carbons (Fsp3) is 0.200. The molecule has 0 spiro atoms. The summed E-state index contributed by atoms with van der Waals surface area (Å²) in [7, 11) is 0. The summed E-state index contributed by atoms with van der Waals surface area (Å²) in [6, 6.07) is 0. The Morgan fingerprint density at radius 1 is 1.89 bits per heavy atom. The molecule has 0 fully saturated rings. The van der Waals surface area contributed by atoms with Crippen LogP contribution in [-0.4, -0.2) is 11.3 Å². The second kappa shape index (κ2) is 2.59. The van der Waals surface area contributed by atoms with Gasteiger partial charge in [-0.25, -0.2) is 4.98 Å². The molecule has 1 aromatic rings. The van der Waals surface area contributed by atoms with Crippen molar-refractivity contribution in [1.82, 2.24) is 4.98 Å². The van der Waals surface area contributed by atoms with Crippen molar-refractivity contribution in [2.24, 2.45) is 0 Å². The van der Waals surface area contributed by atoms with Gasteiger partial charge in [0.2, 0.25) is 6.29 Å². The Morgan fingerprint density at radius 3 is 3.11 bits per heavy atom. The number of nitrogens with zero attached hydrogens (tertiary/aromatic N) is 1. The van der Waals surface area contributed by atoms with Crippen molar-refractivity contribution in [1.29, 1.82) is 0 Å². The highest BCUT2D eigenvalue weighted by atomic mass is 32.1. The van der Waals surface area contributed by atoms with E-state index in [1.54, 1.807) is 12.5 Å². The van der Waals surface area contributed by atoms with E-state index in [-0.39, 0.29) is 0 Å². The van der Waals surface area contributed by atoms with Gasteiger partial charge in [0.05, 0.1) is 6.42 Å². The quantitative estimate of drug-likeness (QED) is 0.647. The number of thiazole rings is 1. The van der Waals surface area contributed by atoms with Gasteiger partial charge in [-0.1, -0.05) is 0 Å². The molecule has 1 rings (SSSR count). The van der Waals surface area contributed by atoms with E-state index in [4.69, 9.17) is 5.73 Å². The van der Waals surface area contributed by atoms with Crippen molar-refractivity contribution in [3.63, 3.8) is 0 Å². The van der Waals surface area contributed by atoms with Gasteiger partial charge in [-0.3, -0.25) is 4.79 Å². The highest BCUT2D eigenvalue weighted by Crippen LogP contribution is 2.13. The first-order valence-electron chi connectivity index (χ1n) is 2.38. The lowest BCUT2D eigenvalue weighted by atomic mass is 10.4. The zero-order chi connectivity index (χ0) is 6.69. The largest absolute Gasteiger partial charge is 0.375 e. The minimum atomic E-state index is 0.300. The maximum atomic E-state index is 9.80. The van der Waals surface area contributed by atoms with Gasteiger partial charge >= 0.3 is 0 Å². The normalized spacial score (nSPS) is 9.33. The Balaban J connectivity index is 2.72. The van der Waals surface area contributed by atoms with Gasteiger partial charge in [0.25, 0.3) is 0 Å². The molecule has 1 heterocycles. The first kappa shape index (κ1) is 6.22. The lowest BCUT2D eigenvalue weighted by molar-refractivity contribution is 0.555. The van der Waals surface area contributed by atoms with Crippen LogP contribution in [-0.2, 0) is 11.2 Å². The number of anilines is 1. The van der Waals surface area contributed by atoms with E-state index in [9.17, 15) is 4.79 Å². The average Bonchev–Trinajstić information content (AvgIpc) is 2.17. The molecule has 0 aliphatic heterocycles. The zero-order valence-corrected chi connectivity index (χ0v) is 5.44. The second-order valence-corrected chi connectivity index (χ2v) is 2.63. The van der Waals surface area contributed by atoms with Crippen LogP contribution in [0, 0.1) is 0 Å². The number of carbonyl (C=O) groups excluding carboxylic acids is 1. The molecule has 0 saturated heterocycles. The monoisotopic (exact) mass is 141 g/mol. The molecule has 0 aliphatic rings. The molecule has 4 heteroatoms. The number of rotatable bonds is 2. The van der Waals surface area contributed by atoms with Gasteiger partial charge in [-0.2, -0.15) is 0 Å². The Bertz CT molecular complexity index is 208. The molecule has 2 N–H and O–H groups in total. The van der Waals surface area contributed by atoms with Crippen molar-refractivity contribution in [3.05, 3.63) is 11.1 Å². The number of hydrogen-bond donors (Lipinski definition) is 1. The third kappa shape index (κ3) is 1.50. The van der Waals surface area contributed by atoms with Crippen molar-refractivity contribution in [2.45, 2.75) is 6.42 Å². The fourth-order valence-electron chi connectivity index (χ4n) is 0.475. The fourth-order valence-corrected chi connectivity index (χ4v) is 1.09. The third-order valence-electron chi connectivity index (χ3n) is 0.818. The highest BCUT2D eigenvalue weighted by molar-refractivity contribution is 7.15. The van der Waals surface area contributed by atoms with Crippen LogP contribution >= 0.6 is 11.3 Å². The number of aromatic nitrogens is 1.